The fourth-order valence-corrected chi connectivity index (χ4v) is 2.75. The lowest BCUT2D eigenvalue weighted by atomic mass is 10.1. The lowest BCUT2D eigenvalue weighted by molar-refractivity contribution is -0.144. The summed E-state index contributed by atoms with van der Waals surface area (Å²) in [5.74, 6) is -0.106. The van der Waals surface area contributed by atoms with Crippen LogP contribution in [-0.4, -0.2) is 43.3 Å². The number of hydrogen-bond donors (Lipinski definition) is 0. The molecule has 0 aliphatic rings. The van der Waals surface area contributed by atoms with Crippen molar-refractivity contribution in [2.75, 3.05) is 26.3 Å². The molecule has 5 heteroatoms. The average molecular weight is 358 g/mol. The van der Waals surface area contributed by atoms with Crippen LogP contribution in [0, 0.1) is 5.92 Å². The minimum absolute atomic E-state index is 0.0652. The van der Waals surface area contributed by atoms with Crippen molar-refractivity contribution in [3.63, 3.8) is 0 Å². The molecule has 0 spiro atoms. The highest BCUT2D eigenvalue weighted by Crippen LogP contribution is 2.10. The molecule has 0 heterocycles. The Hall–Kier alpha value is -1.26. The second kappa shape index (κ2) is 16.2. The molecule has 0 bridgehead atoms. The van der Waals surface area contributed by atoms with Crippen molar-refractivity contribution in [3.8, 4) is 0 Å². The number of carbonyl (C=O) groups is 2. The van der Waals surface area contributed by atoms with Gasteiger partial charge in [-0.25, -0.2) is 4.79 Å². The smallest absolute Gasteiger partial charge is 0.409 e. The molecule has 0 fully saturated rings. The van der Waals surface area contributed by atoms with Gasteiger partial charge in [0.1, 0.15) is 0 Å². The molecule has 0 aromatic carbocycles. The third kappa shape index (κ3) is 13.7. The van der Waals surface area contributed by atoms with E-state index in [0.29, 0.717) is 32.7 Å². The van der Waals surface area contributed by atoms with Gasteiger partial charge in [0.2, 0.25) is 0 Å². The van der Waals surface area contributed by atoms with E-state index in [9.17, 15) is 9.59 Å². The van der Waals surface area contributed by atoms with Gasteiger partial charge < -0.3 is 14.4 Å². The van der Waals surface area contributed by atoms with Crippen LogP contribution in [0.1, 0.15) is 85.5 Å². The molecule has 0 radical (unpaired) electrons. The fourth-order valence-electron chi connectivity index (χ4n) is 2.75. The quantitative estimate of drug-likeness (QED) is 0.299. The third-order valence-electron chi connectivity index (χ3n) is 4.22. The fraction of sp³-hybridized carbons (Fsp3) is 0.900. The highest BCUT2D eigenvalue weighted by molar-refractivity contribution is 5.70. The van der Waals surface area contributed by atoms with Crippen molar-refractivity contribution < 1.29 is 19.1 Å². The number of unbranched alkanes of at least 4 members (excludes halogenated alkanes) is 7. The first-order chi connectivity index (χ1) is 12.0. The molecule has 1 unspecified atom stereocenters. The second-order valence-electron chi connectivity index (χ2n) is 6.74. The zero-order valence-electron chi connectivity index (χ0n) is 16.8. The highest BCUT2D eigenvalue weighted by atomic mass is 16.6. The lowest BCUT2D eigenvalue weighted by Gasteiger charge is -2.23. The van der Waals surface area contributed by atoms with E-state index in [0.717, 1.165) is 12.8 Å². The van der Waals surface area contributed by atoms with Gasteiger partial charge in [-0.1, -0.05) is 58.8 Å². The van der Waals surface area contributed by atoms with Gasteiger partial charge in [0.05, 0.1) is 13.2 Å². The Balaban J connectivity index is 3.71. The minimum Gasteiger partial charge on any atom is -0.466 e. The normalized spacial score (nSPS) is 11.8. The summed E-state index contributed by atoms with van der Waals surface area (Å²) in [6.07, 6.45) is 9.87. The monoisotopic (exact) mass is 357 g/mol. The van der Waals surface area contributed by atoms with Crippen molar-refractivity contribution >= 4 is 12.1 Å². The standard InChI is InChI=1S/C20H39NO4/c1-5-8-9-10-11-12-13-14-15-25-19(22)16-18(4)17-21(6-2)20(23)24-7-3/h18H,5-17H2,1-4H3. The van der Waals surface area contributed by atoms with Crippen LogP contribution in [-0.2, 0) is 14.3 Å². The highest BCUT2D eigenvalue weighted by Gasteiger charge is 2.18. The van der Waals surface area contributed by atoms with E-state index in [-0.39, 0.29) is 18.0 Å². The van der Waals surface area contributed by atoms with E-state index in [4.69, 9.17) is 9.47 Å². The van der Waals surface area contributed by atoms with Crippen LogP contribution in [0.15, 0.2) is 0 Å². The first-order valence-electron chi connectivity index (χ1n) is 10.1. The minimum atomic E-state index is -0.316. The summed E-state index contributed by atoms with van der Waals surface area (Å²) in [6, 6.07) is 0. The van der Waals surface area contributed by atoms with E-state index in [2.05, 4.69) is 6.92 Å². The summed E-state index contributed by atoms with van der Waals surface area (Å²) in [5.41, 5.74) is 0. The van der Waals surface area contributed by atoms with Gasteiger partial charge in [-0.2, -0.15) is 0 Å². The van der Waals surface area contributed by atoms with Gasteiger partial charge >= 0.3 is 12.1 Å². The maximum absolute atomic E-state index is 11.9. The number of rotatable bonds is 15. The number of nitrogens with zero attached hydrogens (tertiary/aromatic N) is 1. The molecule has 0 aromatic rings. The van der Waals surface area contributed by atoms with Crippen LogP contribution in [0.4, 0.5) is 4.79 Å². The summed E-state index contributed by atoms with van der Waals surface area (Å²) >= 11 is 0. The predicted octanol–water partition coefficient (Wildman–Crippen LogP) is 5.17. The van der Waals surface area contributed by atoms with Crippen LogP contribution < -0.4 is 0 Å². The molecule has 1 amide bonds. The summed E-state index contributed by atoms with van der Waals surface area (Å²) in [7, 11) is 0. The largest absolute Gasteiger partial charge is 0.466 e. The van der Waals surface area contributed by atoms with Crippen LogP contribution in [0.2, 0.25) is 0 Å². The molecule has 5 nitrogen and oxygen atoms in total. The van der Waals surface area contributed by atoms with Crippen LogP contribution in [0.3, 0.4) is 0 Å². The summed E-state index contributed by atoms with van der Waals surface area (Å²) < 4.78 is 10.3. The summed E-state index contributed by atoms with van der Waals surface area (Å²) in [5, 5.41) is 0. The zero-order chi connectivity index (χ0) is 18.9. The van der Waals surface area contributed by atoms with Gasteiger partial charge in [0.15, 0.2) is 0 Å². The molecule has 148 valence electrons. The maximum atomic E-state index is 11.9. The van der Waals surface area contributed by atoms with Crippen molar-refractivity contribution in [2.45, 2.75) is 85.5 Å². The van der Waals surface area contributed by atoms with Crippen molar-refractivity contribution in [1.82, 2.24) is 4.90 Å². The first kappa shape index (κ1) is 23.7. The van der Waals surface area contributed by atoms with Crippen molar-refractivity contribution in [3.05, 3.63) is 0 Å². The third-order valence-corrected chi connectivity index (χ3v) is 4.22. The van der Waals surface area contributed by atoms with Gasteiger partial charge in [0.25, 0.3) is 0 Å². The molecule has 0 saturated carbocycles. The average Bonchev–Trinajstić information content (AvgIpc) is 2.58. The van der Waals surface area contributed by atoms with Crippen molar-refractivity contribution in [2.24, 2.45) is 5.92 Å². The van der Waals surface area contributed by atoms with Crippen molar-refractivity contribution in [1.29, 1.82) is 0 Å². The molecule has 25 heavy (non-hydrogen) atoms. The van der Waals surface area contributed by atoms with E-state index >= 15 is 0 Å². The number of ether oxygens (including phenoxy) is 2. The van der Waals surface area contributed by atoms with Crippen LogP contribution in [0.5, 0.6) is 0 Å². The molecule has 1 atom stereocenters. The lowest BCUT2D eigenvalue weighted by Crippen LogP contribution is -2.35. The zero-order valence-corrected chi connectivity index (χ0v) is 16.8. The van der Waals surface area contributed by atoms with E-state index in [1.165, 1.54) is 38.5 Å². The first-order valence-corrected chi connectivity index (χ1v) is 10.1. The molecule has 0 rings (SSSR count). The van der Waals surface area contributed by atoms with Crippen LogP contribution >= 0.6 is 0 Å². The number of esters is 1. The van der Waals surface area contributed by atoms with Gasteiger partial charge in [0, 0.05) is 19.5 Å². The Kier molecular flexibility index (Phi) is 15.4. The van der Waals surface area contributed by atoms with E-state index < -0.39 is 0 Å². The molecule has 0 aliphatic carbocycles. The number of hydrogen-bond acceptors (Lipinski definition) is 4. The second-order valence-corrected chi connectivity index (χ2v) is 6.74. The van der Waals surface area contributed by atoms with E-state index in [1.807, 2.05) is 13.8 Å². The van der Waals surface area contributed by atoms with Crippen LogP contribution in [0.25, 0.3) is 0 Å². The summed E-state index contributed by atoms with van der Waals surface area (Å²) in [6.45, 7) is 9.85. The molecule has 0 saturated heterocycles. The van der Waals surface area contributed by atoms with Gasteiger partial charge in [-0.05, 0) is 26.2 Å². The predicted molar refractivity (Wildman–Crippen MR) is 102 cm³/mol. The number of amides is 1. The Bertz CT molecular complexity index is 347. The Labute approximate surface area is 154 Å². The Morgan fingerprint density at radius 2 is 1.48 bits per heavy atom. The number of carbonyl (C=O) groups excluding carboxylic acids is 2. The Morgan fingerprint density at radius 1 is 0.880 bits per heavy atom. The molecular weight excluding hydrogens is 318 g/mol. The molecule has 0 N–H and O–H groups in total. The molecule has 0 aromatic heterocycles. The van der Waals surface area contributed by atoms with Gasteiger partial charge in [-0.3, -0.25) is 4.79 Å². The Morgan fingerprint density at radius 3 is 2.04 bits per heavy atom. The molecule has 0 aliphatic heterocycles. The van der Waals surface area contributed by atoms with E-state index in [1.54, 1.807) is 11.8 Å². The van der Waals surface area contributed by atoms with Gasteiger partial charge in [-0.15, -0.1) is 0 Å². The summed E-state index contributed by atoms with van der Waals surface area (Å²) in [4.78, 5) is 25.2. The SMILES string of the molecule is CCCCCCCCCCOC(=O)CC(C)CN(CC)C(=O)OCC. The molecular formula is C20H39NO4. The maximum Gasteiger partial charge on any atom is 0.409 e. The topological polar surface area (TPSA) is 55.8 Å².